The van der Waals surface area contributed by atoms with Gasteiger partial charge in [0.15, 0.2) is 0 Å². The third kappa shape index (κ3) is 5.79. The lowest BCUT2D eigenvalue weighted by Crippen LogP contribution is -2.29. The average Bonchev–Trinajstić information content (AvgIpc) is 1.87. The van der Waals surface area contributed by atoms with Gasteiger partial charge in [0.05, 0.1) is 6.61 Å². The molecule has 2 N–H and O–H groups in total. The van der Waals surface area contributed by atoms with Crippen LogP contribution in [0.1, 0.15) is 20.8 Å². The predicted molar refractivity (Wildman–Crippen MR) is 44.0 cm³/mol. The molecule has 0 unspecified atom stereocenters. The van der Waals surface area contributed by atoms with Crippen LogP contribution >= 0.6 is 0 Å². The number of nitrogens with one attached hydrogen (secondary N) is 1. The average molecular weight is 143 g/mol. The molecule has 0 bridgehead atoms. The fraction of sp³-hybridized carbons (Fsp3) is 0.750. The van der Waals surface area contributed by atoms with Crippen molar-refractivity contribution in [2.45, 2.75) is 26.8 Å². The van der Waals surface area contributed by atoms with E-state index in [9.17, 15) is 0 Å². The smallest absolute Gasteiger partial charge is 0.0582 e. The van der Waals surface area contributed by atoms with E-state index >= 15 is 0 Å². The predicted octanol–water partition coefficient (Wildman–Crippen LogP) is 0.923. The Hall–Kier alpha value is -0.340. The topological polar surface area (TPSA) is 32.3 Å². The zero-order chi connectivity index (χ0) is 7.98. The first kappa shape index (κ1) is 9.66. The molecule has 0 amide bonds. The van der Waals surface area contributed by atoms with Crippen LogP contribution in [0.15, 0.2) is 11.6 Å². The van der Waals surface area contributed by atoms with E-state index in [2.05, 4.69) is 25.2 Å². The van der Waals surface area contributed by atoms with E-state index in [1.807, 2.05) is 6.92 Å². The van der Waals surface area contributed by atoms with Crippen molar-refractivity contribution in [2.24, 2.45) is 0 Å². The fourth-order valence-electron chi connectivity index (χ4n) is 0.529. The van der Waals surface area contributed by atoms with Crippen LogP contribution in [0.3, 0.4) is 0 Å². The summed E-state index contributed by atoms with van der Waals surface area (Å²) < 4.78 is 0. The Kier molecular flexibility index (Phi) is 5.26. The number of aliphatic hydroxyl groups is 1. The van der Waals surface area contributed by atoms with Crippen molar-refractivity contribution in [1.82, 2.24) is 5.32 Å². The van der Waals surface area contributed by atoms with Crippen molar-refractivity contribution in [2.75, 3.05) is 13.2 Å². The monoisotopic (exact) mass is 143 g/mol. The third-order valence-corrected chi connectivity index (χ3v) is 1.25. The summed E-state index contributed by atoms with van der Waals surface area (Å²) in [5.41, 5.74) is 1.30. The lowest BCUT2D eigenvalue weighted by molar-refractivity contribution is 0.255. The fourth-order valence-corrected chi connectivity index (χ4v) is 0.529. The van der Waals surface area contributed by atoms with Gasteiger partial charge in [-0.05, 0) is 20.8 Å². The highest BCUT2D eigenvalue weighted by Crippen LogP contribution is 1.86. The van der Waals surface area contributed by atoms with Gasteiger partial charge in [-0.15, -0.1) is 0 Å². The molecule has 0 aromatic rings. The maximum Gasteiger partial charge on any atom is 0.0582 e. The van der Waals surface area contributed by atoms with Gasteiger partial charge in [0.25, 0.3) is 0 Å². The summed E-state index contributed by atoms with van der Waals surface area (Å²) in [4.78, 5) is 0. The molecule has 2 nitrogen and oxygen atoms in total. The molecule has 0 aromatic heterocycles. The van der Waals surface area contributed by atoms with Crippen LogP contribution in [0.2, 0.25) is 0 Å². The SMILES string of the molecule is CC(C)=CCN[C@@H](C)CO. The Morgan fingerprint density at radius 3 is 2.60 bits per heavy atom. The summed E-state index contributed by atoms with van der Waals surface area (Å²) in [5.74, 6) is 0. The molecule has 1 atom stereocenters. The van der Waals surface area contributed by atoms with Gasteiger partial charge < -0.3 is 10.4 Å². The highest BCUT2D eigenvalue weighted by molar-refractivity contribution is 4.94. The number of allylic oxidation sites excluding steroid dienone is 1. The Balaban J connectivity index is 3.28. The van der Waals surface area contributed by atoms with Crippen molar-refractivity contribution in [3.63, 3.8) is 0 Å². The molecule has 0 saturated heterocycles. The Bertz CT molecular complexity index is 106. The van der Waals surface area contributed by atoms with Crippen LogP contribution < -0.4 is 5.32 Å². The summed E-state index contributed by atoms with van der Waals surface area (Å²) >= 11 is 0. The van der Waals surface area contributed by atoms with E-state index in [4.69, 9.17) is 5.11 Å². The first-order valence-electron chi connectivity index (χ1n) is 3.64. The summed E-state index contributed by atoms with van der Waals surface area (Å²) in [6.45, 7) is 7.14. The number of hydrogen-bond acceptors (Lipinski definition) is 2. The van der Waals surface area contributed by atoms with Gasteiger partial charge in [-0.25, -0.2) is 0 Å². The molecule has 0 aliphatic carbocycles. The first-order chi connectivity index (χ1) is 4.66. The summed E-state index contributed by atoms with van der Waals surface area (Å²) in [7, 11) is 0. The molecule has 0 radical (unpaired) electrons. The molecule has 10 heavy (non-hydrogen) atoms. The van der Waals surface area contributed by atoms with E-state index in [1.54, 1.807) is 0 Å². The lowest BCUT2D eigenvalue weighted by atomic mass is 10.3. The van der Waals surface area contributed by atoms with Crippen LogP contribution in [0, 0.1) is 0 Å². The molecule has 0 aliphatic rings. The van der Waals surface area contributed by atoms with Crippen LogP contribution in [-0.2, 0) is 0 Å². The standard InChI is InChI=1S/C8H17NO/c1-7(2)4-5-9-8(3)6-10/h4,8-10H,5-6H2,1-3H3/t8-/m0/s1. The van der Waals surface area contributed by atoms with Crippen LogP contribution in [-0.4, -0.2) is 24.3 Å². The van der Waals surface area contributed by atoms with Crippen molar-refractivity contribution >= 4 is 0 Å². The van der Waals surface area contributed by atoms with Crippen LogP contribution in [0.5, 0.6) is 0 Å². The Morgan fingerprint density at radius 1 is 1.60 bits per heavy atom. The molecule has 0 aliphatic heterocycles. The molecule has 2 heteroatoms. The van der Waals surface area contributed by atoms with E-state index < -0.39 is 0 Å². The largest absolute Gasteiger partial charge is 0.395 e. The minimum Gasteiger partial charge on any atom is -0.395 e. The number of hydrogen-bond donors (Lipinski definition) is 2. The molecular weight excluding hydrogens is 126 g/mol. The molecular formula is C8H17NO. The summed E-state index contributed by atoms with van der Waals surface area (Å²) in [6, 6.07) is 0.204. The lowest BCUT2D eigenvalue weighted by Gasteiger charge is -2.07. The van der Waals surface area contributed by atoms with Crippen molar-refractivity contribution in [3.8, 4) is 0 Å². The molecule has 0 rings (SSSR count). The maximum absolute atomic E-state index is 8.62. The van der Waals surface area contributed by atoms with Crippen LogP contribution in [0.4, 0.5) is 0 Å². The summed E-state index contributed by atoms with van der Waals surface area (Å²) in [5, 5.41) is 11.8. The van der Waals surface area contributed by atoms with Gasteiger partial charge in [-0.1, -0.05) is 11.6 Å². The highest BCUT2D eigenvalue weighted by atomic mass is 16.3. The van der Waals surface area contributed by atoms with E-state index in [-0.39, 0.29) is 12.6 Å². The third-order valence-electron chi connectivity index (χ3n) is 1.25. The molecule has 60 valence electrons. The first-order valence-corrected chi connectivity index (χ1v) is 3.64. The van der Waals surface area contributed by atoms with Crippen molar-refractivity contribution in [1.29, 1.82) is 0 Å². The molecule has 0 aromatic carbocycles. The second-order valence-electron chi connectivity index (χ2n) is 2.77. The minimum absolute atomic E-state index is 0.204. The van der Waals surface area contributed by atoms with E-state index in [0.717, 1.165) is 6.54 Å². The van der Waals surface area contributed by atoms with Gasteiger partial charge >= 0.3 is 0 Å². The van der Waals surface area contributed by atoms with E-state index in [0.29, 0.717) is 0 Å². The summed E-state index contributed by atoms with van der Waals surface area (Å²) in [6.07, 6.45) is 2.10. The number of aliphatic hydroxyl groups excluding tert-OH is 1. The normalized spacial score (nSPS) is 12.8. The maximum atomic E-state index is 8.62. The van der Waals surface area contributed by atoms with Gasteiger partial charge in [0, 0.05) is 12.6 Å². The highest BCUT2D eigenvalue weighted by Gasteiger charge is 1.93. The zero-order valence-electron chi connectivity index (χ0n) is 7.02. The van der Waals surface area contributed by atoms with Gasteiger partial charge in [-0.2, -0.15) is 0 Å². The minimum atomic E-state index is 0.204. The van der Waals surface area contributed by atoms with Gasteiger partial charge in [0.2, 0.25) is 0 Å². The zero-order valence-corrected chi connectivity index (χ0v) is 7.02. The molecule has 0 saturated carbocycles. The Labute approximate surface area is 62.9 Å². The second-order valence-corrected chi connectivity index (χ2v) is 2.77. The van der Waals surface area contributed by atoms with Gasteiger partial charge in [-0.3, -0.25) is 0 Å². The van der Waals surface area contributed by atoms with Crippen LogP contribution in [0.25, 0.3) is 0 Å². The van der Waals surface area contributed by atoms with E-state index in [1.165, 1.54) is 5.57 Å². The Morgan fingerprint density at radius 2 is 2.20 bits per heavy atom. The van der Waals surface area contributed by atoms with Crippen molar-refractivity contribution < 1.29 is 5.11 Å². The molecule has 0 heterocycles. The van der Waals surface area contributed by atoms with Crippen molar-refractivity contribution in [3.05, 3.63) is 11.6 Å². The number of rotatable bonds is 4. The quantitative estimate of drug-likeness (QED) is 0.574. The molecule has 0 spiro atoms. The van der Waals surface area contributed by atoms with Gasteiger partial charge in [0.1, 0.15) is 0 Å². The second kappa shape index (κ2) is 5.45. The molecule has 0 fully saturated rings.